The number of nitrogens with two attached hydrogens (primary N) is 1. The second kappa shape index (κ2) is 13.3. The minimum atomic E-state index is -1.06. The molecule has 2 unspecified atom stereocenters. The molecule has 0 saturated carbocycles. The number of ketones is 1. The topological polar surface area (TPSA) is 135 Å². The van der Waals surface area contributed by atoms with Gasteiger partial charge in [-0.05, 0) is 43.2 Å². The highest BCUT2D eigenvalue weighted by Gasteiger charge is 2.26. The SMILES string of the molecule is CC.CCCCC(Oc1ccc2c(NC(N)=O)c(C(=O)c3cc(Cl)ccc3Cl)oc2c1)C(O)CO. The average molecular weight is 525 g/mol. The Bertz CT molecular complexity index is 1160. The van der Waals surface area contributed by atoms with Crippen LogP contribution in [-0.2, 0) is 0 Å². The number of hydrogen-bond donors (Lipinski definition) is 4. The second-order valence-corrected chi connectivity index (χ2v) is 8.30. The van der Waals surface area contributed by atoms with E-state index in [9.17, 15) is 19.8 Å². The standard InChI is InChI=1S/C23H24Cl2N2O6.C2H6/c1-2-3-4-18(17(29)11-28)32-13-6-7-14-19(10-13)33-22(20(14)27-23(26)31)21(30)15-9-12(24)5-8-16(15)25;1-2/h5-10,17-18,28-29H,2-4,11H2,1H3,(H3,26,27,31);1-2H3. The molecule has 3 rings (SSSR count). The van der Waals surface area contributed by atoms with Crippen LogP contribution in [0.2, 0.25) is 10.0 Å². The fourth-order valence-corrected chi connectivity index (χ4v) is 3.75. The monoisotopic (exact) mass is 524 g/mol. The Morgan fingerprint density at radius 1 is 1.17 bits per heavy atom. The number of carbonyl (C=O) groups is 2. The fraction of sp³-hybridized carbons (Fsp3) is 0.360. The van der Waals surface area contributed by atoms with Crippen LogP contribution >= 0.6 is 23.2 Å². The van der Waals surface area contributed by atoms with Crippen LogP contribution in [0.5, 0.6) is 5.75 Å². The van der Waals surface area contributed by atoms with E-state index in [0.717, 1.165) is 12.8 Å². The van der Waals surface area contributed by atoms with Gasteiger partial charge in [-0.1, -0.05) is 50.4 Å². The Morgan fingerprint density at radius 3 is 2.51 bits per heavy atom. The zero-order valence-electron chi connectivity index (χ0n) is 19.8. The van der Waals surface area contributed by atoms with Gasteiger partial charge in [0.05, 0.1) is 11.6 Å². The highest BCUT2D eigenvalue weighted by molar-refractivity contribution is 6.37. The summed E-state index contributed by atoms with van der Waals surface area (Å²) in [7, 11) is 0. The average Bonchev–Trinajstić information content (AvgIpc) is 3.20. The number of urea groups is 1. The fourth-order valence-electron chi connectivity index (χ4n) is 3.38. The maximum Gasteiger partial charge on any atom is 0.316 e. The van der Waals surface area contributed by atoms with Gasteiger partial charge in [0.15, 0.2) is 5.76 Å². The van der Waals surface area contributed by atoms with Gasteiger partial charge in [0, 0.05) is 22.0 Å². The van der Waals surface area contributed by atoms with Gasteiger partial charge in [0.2, 0.25) is 5.78 Å². The quantitative estimate of drug-likeness (QED) is 0.248. The maximum atomic E-state index is 13.2. The van der Waals surface area contributed by atoms with Gasteiger partial charge in [-0.2, -0.15) is 0 Å². The summed E-state index contributed by atoms with van der Waals surface area (Å²) in [6, 6.07) is 8.27. The third-order valence-corrected chi connectivity index (χ3v) is 5.60. The maximum absolute atomic E-state index is 13.2. The molecule has 35 heavy (non-hydrogen) atoms. The Labute approximate surface area is 214 Å². The van der Waals surface area contributed by atoms with E-state index >= 15 is 0 Å². The summed E-state index contributed by atoms with van der Waals surface area (Å²) < 4.78 is 11.7. The molecule has 1 heterocycles. The number of furan rings is 1. The van der Waals surface area contributed by atoms with Gasteiger partial charge in [0.1, 0.15) is 29.2 Å². The van der Waals surface area contributed by atoms with Crippen molar-refractivity contribution in [3.63, 3.8) is 0 Å². The third-order valence-electron chi connectivity index (χ3n) is 5.03. The van der Waals surface area contributed by atoms with E-state index in [2.05, 4.69) is 5.32 Å². The van der Waals surface area contributed by atoms with Gasteiger partial charge in [-0.3, -0.25) is 4.79 Å². The number of unbranched alkanes of at least 4 members (excludes halogenated alkanes) is 1. The highest BCUT2D eigenvalue weighted by Crippen LogP contribution is 2.36. The Morgan fingerprint density at radius 2 is 1.89 bits per heavy atom. The number of ether oxygens (including phenoxy) is 1. The number of amides is 2. The lowest BCUT2D eigenvalue weighted by molar-refractivity contribution is -0.00512. The van der Waals surface area contributed by atoms with Crippen LogP contribution in [0.25, 0.3) is 11.0 Å². The molecule has 2 aromatic carbocycles. The number of fused-ring (bicyclic) bond motifs is 1. The molecule has 190 valence electrons. The van der Waals surface area contributed by atoms with E-state index in [4.69, 9.17) is 38.1 Å². The summed E-state index contributed by atoms with van der Waals surface area (Å²) in [4.78, 5) is 24.8. The van der Waals surface area contributed by atoms with E-state index in [-0.39, 0.29) is 27.6 Å². The van der Waals surface area contributed by atoms with Crippen LogP contribution in [0.3, 0.4) is 0 Å². The Kier molecular flexibility index (Phi) is 10.9. The van der Waals surface area contributed by atoms with Crippen molar-refractivity contribution in [2.45, 2.75) is 52.2 Å². The second-order valence-electron chi connectivity index (χ2n) is 7.46. The molecule has 0 aliphatic heterocycles. The van der Waals surface area contributed by atoms with Crippen molar-refractivity contribution in [3.05, 3.63) is 57.8 Å². The Balaban J connectivity index is 0.00000210. The molecule has 0 bridgehead atoms. The summed E-state index contributed by atoms with van der Waals surface area (Å²) in [5, 5.41) is 22.7. The van der Waals surface area contributed by atoms with Crippen molar-refractivity contribution in [2.24, 2.45) is 5.73 Å². The largest absolute Gasteiger partial charge is 0.487 e. The van der Waals surface area contributed by atoms with Crippen molar-refractivity contribution in [1.29, 1.82) is 0 Å². The molecule has 0 saturated heterocycles. The summed E-state index contributed by atoms with van der Waals surface area (Å²) >= 11 is 12.2. The molecular weight excluding hydrogens is 495 g/mol. The summed E-state index contributed by atoms with van der Waals surface area (Å²) in [5.41, 5.74) is 5.72. The number of primary amides is 1. The molecule has 2 amide bonds. The first kappa shape index (κ1) is 28.5. The number of halogens is 2. The number of benzene rings is 2. The lowest BCUT2D eigenvalue weighted by Gasteiger charge is -2.22. The molecule has 0 radical (unpaired) electrons. The van der Waals surface area contributed by atoms with Crippen LogP contribution in [0.4, 0.5) is 10.5 Å². The smallest absolute Gasteiger partial charge is 0.316 e. The van der Waals surface area contributed by atoms with E-state index in [0.29, 0.717) is 22.6 Å². The molecule has 0 fully saturated rings. The molecule has 5 N–H and O–H groups in total. The van der Waals surface area contributed by atoms with Crippen LogP contribution in [0, 0.1) is 0 Å². The van der Waals surface area contributed by atoms with E-state index in [1.807, 2.05) is 20.8 Å². The first-order chi connectivity index (χ1) is 16.7. The van der Waals surface area contributed by atoms with Gasteiger partial charge < -0.3 is 30.4 Å². The van der Waals surface area contributed by atoms with Gasteiger partial charge in [0.25, 0.3) is 0 Å². The molecule has 1 aromatic heterocycles. The number of nitrogens with one attached hydrogen (secondary N) is 1. The highest BCUT2D eigenvalue weighted by atomic mass is 35.5. The van der Waals surface area contributed by atoms with E-state index in [1.54, 1.807) is 18.2 Å². The van der Waals surface area contributed by atoms with Gasteiger partial charge in [-0.15, -0.1) is 0 Å². The normalized spacial score (nSPS) is 12.4. The number of aliphatic hydroxyl groups is 2. The predicted molar refractivity (Wildman–Crippen MR) is 138 cm³/mol. The summed E-state index contributed by atoms with van der Waals surface area (Å²) in [5.74, 6) is -0.417. The van der Waals surface area contributed by atoms with Crippen LogP contribution < -0.4 is 15.8 Å². The molecule has 10 heteroatoms. The molecule has 0 spiro atoms. The first-order valence-corrected chi connectivity index (χ1v) is 12.1. The van der Waals surface area contributed by atoms with Crippen molar-refractivity contribution >= 4 is 51.7 Å². The number of carbonyl (C=O) groups excluding carboxylic acids is 2. The predicted octanol–water partition coefficient (Wildman–Crippen LogP) is 5.78. The summed E-state index contributed by atoms with van der Waals surface area (Å²) in [6.45, 7) is 5.57. The zero-order chi connectivity index (χ0) is 26.1. The lowest BCUT2D eigenvalue weighted by Crippen LogP contribution is -2.34. The molecule has 0 aliphatic carbocycles. The van der Waals surface area contributed by atoms with E-state index in [1.165, 1.54) is 18.2 Å². The van der Waals surface area contributed by atoms with Crippen LogP contribution in [0.15, 0.2) is 40.8 Å². The molecule has 0 aliphatic rings. The van der Waals surface area contributed by atoms with Crippen molar-refractivity contribution in [3.8, 4) is 5.75 Å². The number of hydrogen-bond acceptors (Lipinski definition) is 6. The van der Waals surface area contributed by atoms with Gasteiger partial charge >= 0.3 is 6.03 Å². The lowest BCUT2D eigenvalue weighted by atomic mass is 10.1. The Hall–Kier alpha value is -2.78. The van der Waals surface area contributed by atoms with Crippen molar-refractivity contribution in [2.75, 3.05) is 11.9 Å². The minimum Gasteiger partial charge on any atom is -0.487 e. The molecule has 8 nitrogen and oxygen atoms in total. The minimum absolute atomic E-state index is 0.0861. The van der Waals surface area contributed by atoms with Crippen LogP contribution in [0.1, 0.15) is 56.2 Å². The summed E-state index contributed by atoms with van der Waals surface area (Å²) in [6.07, 6.45) is 0.556. The third kappa shape index (κ3) is 7.11. The molecular formula is C25H30Cl2N2O6. The van der Waals surface area contributed by atoms with Crippen molar-refractivity contribution < 1.29 is 29.0 Å². The number of aliphatic hydroxyl groups excluding tert-OH is 2. The van der Waals surface area contributed by atoms with Gasteiger partial charge in [-0.25, -0.2) is 4.79 Å². The first-order valence-electron chi connectivity index (χ1n) is 11.3. The van der Waals surface area contributed by atoms with Crippen molar-refractivity contribution in [1.82, 2.24) is 0 Å². The number of rotatable bonds is 10. The zero-order valence-corrected chi connectivity index (χ0v) is 21.3. The number of anilines is 1. The molecule has 2 atom stereocenters. The molecule has 3 aromatic rings. The van der Waals surface area contributed by atoms with E-state index < -0.39 is 30.6 Å². The van der Waals surface area contributed by atoms with Crippen LogP contribution in [-0.4, -0.2) is 40.8 Å².